The van der Waals surface area contributed by atoms with Crippen molar-refractivity contribution in [1.29, 1.82) is 0 Å². The van der Waals surface area contributed by atoms with Crippen molar-refractivity contribution in [3.63, 3.8) is 0 Å². The summed E-state index contributed by atoms with van der Waals surface area (Å²) in [5.74, 6) is 2.14. The zero-order valence-corrected chi connectivity index (χ0v) is 14.9. The van der Waals surface area contributed by atoms with Gasteiger partial charge in [0.2, 0.25) is 0 Å². The Bertz CT molecular complexity index is 667. The minimum Gasteiger partial charge on any atom is -0.299 e. The van der Waals surface area contributed by atoms with Crippen LogP contribution >= 0.6 is 0 Å². The minimum absolute atomic E-state index is 0.116. The van der Waals surface area contributed by atoms with Crippen LogP contribution in [0.5, 0.6) is 0 Å². The van der Waals surface area contributed by atoms with Crippen LogP contribution in [0.25, 0.3) is 0 Å². The number of ketones is 2. The number of hydrogen-bond donors (Lipinski definition) is 0. The predicted molar refractivity (Wildman–Crippen MR) is 90.9 cm³/mol. The van der Waals surface area contributed by atoms with Crippen molar-refractivity contribution in [2.75, 3.05) is 0 Å². The van der Waals surface area contributed by atoms with Gasteiger partial charge < -0.3 is 0 Å². The maximum absolute atomic E-state index is 12.5. The van der Waals surface area contributed by atoms with Gasteiger partial charge in [0.1, 0.15) is 5.78 Å². The lowest BCUT2D eigenvalue weighted by Crippen LogP contribution is -2.48. The van der Waals surface area contributed by atoms with Crippen molar-refractivity contribution < 1.29 is 9.59 Å². The molecule has 2 fully saturated rings. The van der Waals surface area contributed by atoms with Crippen LogP contribution in [0, 0.1) is 28.6 Å². The van der Waals surface area contributed by atoms with E-state index in [0.29, 0.717) is 35.7 Å². The highest BCUT2D eigenvalue weighted by Gasteiger charge is 2.58. The average Bonchev–Trinajstić information content (AvgIpc) is 2.82. The van der Waals surface area contributed by atoms with E-state index in [1.807, 2.05) is 6.08 Å². The molecule has 4 aliphatic rings. The topological polar surface area (TPSA) is 34.1 Å². The standard InChI is InChI=1S/C21H28O2/c1-12-13(2)19-15-5-6-18(23)21(15,4)10-8-16(19)20(3)9-7-14(22)11-17(12)20/h11-12,15-16H,5-10H2,1-4H3/t12?,15-,16-,20+,21-/m0/s1. The Balaban J connectivity index is 1.89. The molecule has 23 heavy (non-hydrogen) atoms. The normalized spacial score (nSPS) is 46.3. The van der Waals surface area contributed by atoms with E-state index in [4.69, 9.17) is 0 Å². The summed E-state index contributed by atoms with van der Waals surface area (Å²) in [5.41, 5.74) is 4.45. The van der Waals surface area contributed by atoms with Gasteiger partial charge in [-0.2, -0.15) is 0 Å². The quantitative estimate of drug-likeness (QED) is 0.610. The van der Waals surface area contributed by atoms with Gasteiger partial charge in [-0.15, -0.1) is 0 Å². The molecule has 2 nitrogen and oxygen atoms in total. The van der Waals surface area contributed by atoms with Crippen molar-refractivity contribution in [2.24, 2.45) is 28.6 Å². The number of rotatable bonds is 0. The number of hydrogen-bond acceptors (Lipinski definition) is 2. The van der Waals surface area contributed by atoms with Crippen LogP contribution in [-0.2, 0) is 9.59 Å². The molecule has 5 atom stereocenters. The Labute approximate surface area is 139 Å². The Morgan fingerprint density at radius 3 is 2.43 bits per heavy atom. The van der Waals surface area contributed by atoms with Gasteiger partial charge in [-0.3, -0.25) is 9.59 Å². The molecule has 0 aromatic carbocycles. The molecule has 0 bridgehead atoms. The first kappa shape index (κ1) is 15.4. The van der Waals surface area contributed by atoms with E-state index in [9.17, 15) is 9.59 Å². The van der Waals surface area contributed by atoms with Crippen molar-refractivity contribution >= 4 is 11.6 Å². The lowest BCUT2D eigenvalue weighted by molar-refractivity contribution is -0.127. The molecular weight excluding hydrogens is 284 g/mol. The summed E-state index contributed by atoms with van der Waals surface area (Å²) in [6, 6.07) is 0. The summed E-state index contributed by atoms with van der Waals surface area (Å²) in [5, 5.41) is 0. The van der Waals surface area contributed by atoms with Gasteiger partial charge in [0.05, 0.1) is 0 Å². The fourth-order valence-corrected chi connectivity index (χ4v) is 6.36. The summed E-state index contributed by atoms with van der Waals surface area (Å²) < 4.78 is 0. The Kier molecular flexibility index (Phi) is 3.12. The third kappa shape index (κ3) is 1.81. The highest BCUT2D eigenvalue weighted by atomic mass is 16.1. The molecule has 4 rings (SSSR count). The molecule has 2 saturated carbocycles. The van der Waals surface area contributed by atoms with E-state index in [1.165, 1.54) is 11.1 Å². The molecule has 1 unspecified atom stereocenters. The minimum atomic E-state index is -0.116. The molecule has 0 saturated heterocycles. The SMILES string of the molecule is CC1=C2[C@H](CC[C@]3(C)C(=O)CC[C@@H]23)[C@@]2(C)CCC(=O)C=C2C1C. The maximum Gasteiger partial charge on any atom is 0.155 e. The van der Waals surface area contributed by atoms with E-state index in [-0.39, 0.29) is 10.8 Å². The number of fused-ring (bicyclic) bond motifs is 5. The number of allylic oxidation sites excluding steroid dienone is 4. The van der Waals surface area contributed by atoms with Crippen LogP contribution in [0.2, 0.25) is 0 Å². The Morgan fingerprint density at radius 1 is 1.00 bits per heavy atom. The van der Waals surface area contributed by atoms with Gasteiger partial charge in [-0.05, 0) is 61.9 Å². The third-order valence-corrected chi connectivity index (χ3v) is 7.98. The molecule has 0 heterocycles. The highest BCUT2D eigenvalue weighted by molar-refractivity contribution is 5.92. The summed E-state index contributed by atoms with van der Waals surface area (Å²) in [7, 11) is 0. The molecular formula is C21H28O2. The zero-order valence-electron chi connectivity index (χ0n) is 14.9. The van der Waals surface area contributed by atoms with Crippen molar-refractivity contribution in [3.8, 4) is 0 Å². The predicted octanol–water partition coefficient (Wildman–Crippen LogP) is 4.64. The lowest BCUT2D eigenvalue weighted by atomic mass is 9.48. The Morgan fingerprint density at radius 2 is 1.70 bits per heavy atom. The van der Waals surface area contributed by atoms with Crippen LogP contribution in [-0.4, -0.2) is 11.6 Å². The zero-order chi connectivity index (χ0) is 16.6. The monoisotopic (exact) mass is 312 g/mol. The molecule has 0 aromatic heterocycles. The third-order valence-electron chi connectivity index (χ3n) is 7.98. The first-order valence-electron chi connectivity index (χ1n) is 9.28. The fraction of sp³-hybridized carbons (Fsp3) is 0.714. The first-order chi connectivity index (χ1) is 10.8. The largest absolute Gasteiger partial charge is 0.299 e. The van der Waals surface area contributed by atoms with E-state index in [0.717, 1.165) is 32.1 Å². The fourth-order valence-electron chi connectivity index (χ4n) is 6.36. The molecule has 2 heteroatoms. The smallest absolute Gasteiger partial charge is 0.155 e. The number of carbonyl (C=O) groups is 2. The summed E-state index contributed by atoms with van der Waals surface area (Å²) >= 11 is 0. The second-order valence-electron chi connectivity index (χ2n) is 8.87. The van der Waals surface area contributed by atoms with Gasteiger partial charge in [0, 0.05) is 18.3 Å². The first-order valence-corrected chi connectivity index (χ1v) is 9.28. The lowest BCUT2D eigenvalue weighted by Gasteiger charge is -2.55. The highest BCUT2D eigenvalue weighted by Crippen LogP contribution is 2.64. The van der Waals surface area contributed by atoms with Gasteiger partial charge in [0.15, 0.2) is 5.78 Å². The molecule has 0 spiro atoms. The van der Waals surface area contributed by atoms with Crippen LogP contribution in [0.3, 0.4) is 0 Å². The molecule has 4 aliphatic carbocycles. The van der Waals surface area contributed by atoms with E-state index in [2.05, 4.69) is 27.7 Å². The second-order valence-corrected chi connectivity index (χ2v) is 8.87. The van der Waals surface area contributed by atoms with Crippen LogP contribution < -0.4 is 0 Å². The summed E-state index contributed by atoms with van der Waals surface area (Å²) in [6.07, 6.45) is 7.58. The summed E-state index contributed by atoms with van der Waals surface area (Å²) in [6.45, 7) is 9.13. The number of carbonyl (C=O) groups excluding carboxylic acids is 2. The van der Waals surface area contributed by atoms with Crippen molar-refractivity contribution in [2.45, 2.75) is 66.2 Å². The van der Waals surface area contributed by atoms with Gasteiger partial charge in [-0.1, -0.05) is 37.5 Å². The van der Waals surface area contributed by atoms with E-state index >= 15 is 0 Å². The summed E-state index contributed by atoms with van der Waals surface area (Å²) in [4.78, 5) is 24.5. The molecule has 0 radical (unpaired) electrons. The molecule has 0 aromatic rings. The van der Waals surface area contributed by atoms with Crippen molar-refractivity contribution in [1.82, 2.24) is 0 Å². The van der Waals surface area contributed by atoms with Gasteiger partial charge in [0.25, 0.3) is 0 Å². The van der Waals surface area contributed by atoms with Gasteiger partial charge in [-0.25, -0.2) is 0 Å². The number of Topliss-reactive ketones (excluding diaryl/α,β-unsaturated/α-hetero) is 1. The molecule has 0 N–H and O–H groups in total. The molecule has 0 amide bonds. The second kappa shape index (κ2) is 4.68. The maximum atomic E-state index is 12.5. The van der Waals surface area contributed by atoms with Crippen LogP contribution in [0.4, 0.5) is 0 Å². The van der Waals surface area contributed by atoms with E-state index < -0.39 is 0 Å². The van der Waals surface area contributed by atoms with E-state index in [1.54, 1.807) is 5.57 Å². The molecule has 0 aliphatic heterocycles. The Hall–Kier alpha value is -1.18. The van der Waals surface area contributed by atoms with Crippen LogP contribution in [0.1, 0.15) is 66.2 Å². The average molecular weight is 312 g/mol. The van der Waals surface area contributed by atoms with Crippen LogP contribution in [0.15, 0.2) is 22.8 Å². The van der Waals surface area contributed by atoms with Crippen molar-refractivity contribution in [3.05, 3.63) is 22.8 Å². The van der Waals surface area contributed by atoms with Gasteiger partial charge >= 0.3 is 0 Å². The molecule has 124 valence electrons.